The van der Waals surface area contributed by atoms with Crippen molar-refractivity contribution in [3.8, 4) is 0 Å². The molecule has 0 bridgehead atoms. The van der Waals surface area contributed by atoms with Crippen LogP contribution in [0, 0.1) is 0 Å². The number of rotatable bonds is 3. The molecule has 5 heteroatoms. The van der Waals surface area contributed by atoms with E-state index in [0.29, 0.717) is 18.5 Å². The first-order valence-electron chi connectivity index (χ1n) is 7.30. The molecule has 2 aliphatic heterocycles. The number of amides is 1. The fourth-order valence-corrected chi connectivity index (χ4v) is 4.21. The summed E-state index contributed by atoms with van der Waals surface area (Å²) in [6, 6.07) is 6.86. The highest BCUT2D eigenvalue weighted by Crippen LogP contribution is 2.37. The summed E-state index contributed by atoms with van der Waals surface area (Å²) in [5, 5.41) is 4.12. The lowest BCUT2D eigenvalue weighted by molar-refractivity contribution is -0.117. The highest BCUT2D eigenvalue weighted by Gasteiger charge is 2.47. The van der Waals surface area contributed by atoms with Gasteiger partial charge in [0.1, 0.15) is 0 Å². The third-order valence-corrected chi connectivity index (χ3v) is 5.20. The van der Waals surface area contributed by atoms with Gasteiger partial charge in [0, 0.05) is 43.3 Å². The van der Waals surface area contributed by atoms with Gasteiger partial charge in [0.25, 0.3) is 0 Å². The second-order valence-electron chi connectivity index (χ2n) is 5.70. The van der Waals surface area contributed by atoms with Gasteiger partial charge in [-0.05, 0) is 35.6 Å². The van der Waals surface area contributed by atoms with E-state index in [2.05, 4.69) is 33.5 Å². The number of anilines is 1. The Morgan fingerprint density at radius 3 is 2.86 bits per heavy atom. The molecule has 0 N–H and O–H groups in total. The highest BCUT2D eigenvalue weighted by molar-refractivity contribution is 7.08. The van der Waals surface area contributed by atoms with Gasteiger partial charge in [-0.1, -0.05) is 0 Å². The summed E-state index contributed by atoms with van der Waals surface area (Å²) in [6.45, 7) is 1.97. The first-order chi connectivity index (χ1) is 10.3. The molecule has 0 aliphatic carbocycles. The number of carbonyl (C=O) groups excluding carboxylic acids is 1. The summed E-state index contributed by atoms with van der Waals surface area (Å²) in [7, 11) is 0. The Balaban J connectivity index is 1.54. The van der Waals surface area contributed by atoms with Crippen LogP contribution in [0.4, 0.5) is 5.69 Å². The molecule has 4 nitrogen and oxygen atoms in total. The molecule has 2 fully saturated rings. The van der Waals surface area contributed by atoms with Crippen molar-refractivity contribution in [1.29, 1.82) is 0 Å². The van der Waals surface area contributed by atoms with E-state index in [9.17, 15) is 4.79 Å². The van der Waals surface area contributed by atoms with Crippen molar-refractivity contribution in [2.45, 2.75) is 31.5 Å². The van der Waals surface area contributed by atoms with Crippen molar-refractivity contribution in [2.24, 2.45) is 0 Å². The highest BCUT2D eigenvalue weighted by atomic mass is 32.1. The van der Waals surface area contributed by atoms with Crippen molar-refractivity contribution in [3.05, 3.63) is 46.9 Å². The fourth-order valence-electron chi connectivity index (χ4n) is 3.58. The van der Waals surface area contributed by atoms with Crippen LogP contribution in [0.1, 0.15) is 18.4 Å². The van der Waals surface area contributed by atoms with Gasteiger partial charge in [-0.2, -0.15) is 11.3 Å². The molecule has 2 aliphatic rings. The Morgan fingerprint density at radius 1 is 1.24 bits per heavy atom. The second kappa shape index (κ2) is 5.24. The van der Waals surface area contributed by atoms with Crippen LogP contribution in [-0.2, 0) is 11.3 Å². The maximum Gasteiger partial charge on any atom is 0.228 e. The van der Waals surface area contributed by atoms with E-state index in [-0.39, 0.29) is 5.91 Å². The number of nitrogens with zero attached hydrogens (tertiary/aromatic N) is 3. The van der Waals surface area contributed by atoms with E-state index in [1.54, 1.807) is 11.3 Å². The molecule has 1 amide bonds. The number of fused-ring (bicyclic) bond motifs is 1. The number of thiophene rings is 1. The quantitative estimate of drug-likeness (QED) is 0.874. The van der Waals surface area contributed by atoms with Gasteiger partial charge in [-0.25, -0.2) is 0 Å². The number of likely N-dealkylation sites (tertiary alicyclic amines) is 1. The average Bonchev–Trinajstić information content (AvgIpc) is 3.19. The van der Waals surface area contributed by atoms with E-state index in [1.807, 2.05) is 22.7 Å². The smallest absolute Gasteiger partial charge is 0.228 e. The molecule has 108 valence electrons. The maximum absolute atomic E-state index is 12.4. The minimum Gasteiger partial charge on any atom is -0.307 e. The molecular formula is C16H17N3OS. The molecule has 21 heavy (non-hydrogen) atoms. The number of hydrogen-bond donors (Lipinski definition) is 0. The van der Waals surface area contributed by atoms with Gasteiger partial charge < -0.3 is 4.90 Å². The van der Waals surface area contributed by atoms with Crippen molar-refractivity contribution in [3.63, 3.8) is 0 Å². The van der Waals surface area contributed by atoms with Crippen LogP contribution in [0.25, 0.3) is 0 Å². The molecule has 0 aromatic carbocycles. The number of hydrogen-bond acceptors (Lipinski definition) is 4. The van der Waals surface area contributed by atoms with Gasteiger partial charge in [0.2, 0.25) is 5.91 Å². The lowest BCUT2D eigenvalue weighted by Gasteiger charge is -2.24. The molecule has 0 spiro atoms. The van der Waals surface area contributed by atoms with Crippen molar-refractivity contribution >= 4 is 22.9 Å². The summed E-state index contributed by atoms with van der Waals surface area (Å²) in [6.07, 6.45) is 5.38. The van der Waals surface area contributed by atoms with Crippen molar-refractivity contribution in [1.82, 2.24) is 9.88 Å². The molecular weight excluding hydrogens is 282 g/mol. The third-order valence-electron chi connectivity index (χ3n) is 4.53. The van der Waals surface area contributed by atoms with Crippen molar-refractivity contribution < 1.29 is 4.79 Å². The molecule has 4 heterocycles. The first kappa shape index (κ1) is 13.0. The van der Waals surface area contributed by atoms with E-state index in [4.69, 9.17) is 0 Å². The zero-order valence-corrected chi connectivity index (χ0v) is 12.5. The maximum atomic E-state index is 12.4. The largest absolute Gasteiger partial charge is 0.307 e. The minimum atomic E-state index is 0.267. The molecule has 2 aromatic heterocycles. The third kappa shape index (κ3) is 2.26. The Morgan fingerprint density at radius 2 is 2.10 bits per heavy atom. The van der Waals surface area contributed by atoms with Crippen LogP contribution in [-0.4, -0.2) is 34.4 Å². The van der Waals surface area contributed by atoms with Crippen LogP contribution >= 0.6 is 11.3 Å². The Labute approximate surface area is 128 Å². The molecule has 4 rings (SSSR count). The number of pyridine rings is 1. The predicted octanol–water partition coefficient (Wildman–Crippen LogP) is 2.52. The summed E-state index contributed by atoms with van der Waals surface area (Å²) >= 11 is 1.65. The number of carbonyl (C=O) groups is 1. The van der Waals surface area contributed by atoms with E-state index >= 15 is 0 Å². The molecule has 2 atom stereocenters. The fraction of sp³-hybridized carbons (Fsp3) is 0.375. The van der Waals surface area contributed by atoms with Crippen LogP contribution < -0.4 is 4.90 Å². The van der Waals surface area contributed by atoms with Gasteiger partial charge >= 0.3 is 0 Å². The summed E-state index contributed by atoms with van der Waals surface area (Å²) in [5.74, 6) is 0.267. The van der Waals surface area contributed by atoms with E-state index < -0.39 is 0 Å². The summed E-state index contributed by atoms with van der Waals surface area (Å²) < 4.78 is 0. The van der Waals surface area contributed by atoms with E-state index in [1.165, 1.54) is 5.56 Å². The Hall–Kier alpha value is -1.72. The van der Waals surface area contributed by atoms with Gasteiger partial charge in [-0.15, -0.1) is 0 Å². The molecule has 0 radical (unpaired) electrons. The van der Waals surface area contributed by atoms with Crippen LogP contribution in [0.3, 0.4) is 0 Å². The standard InChI is InChI=1S/C16H17N3OS/c20-16-9-15-14(19(16)13-4-8-21-11-13)3-7-18(15)10-12-1-5-17-6-2-12/h1-2,4-6,8,11,14-15H,3,7,9-10H2. The van der Waals surface area contributed by atoms with Crippen LogP contribution in [0.5, 0.6) is 0 Å². The van der Waals surface area contributed by atoms with Gasteiger partial charge in [0.05, 0.1) is 11.7 Å². The topological polar surface area (TPSA) is 36.4 Å². The predicted molar refractivity (Wildman–Crippen MR) is 83.3 cm³/mol. The Bertz CT molecular complexity index is 628. The van der Waals surface area contributed by atoms with Gasteiger partial charge in [-0.3, -0.25) is 14.7 Å². The molecule has 2 saturated heterocycles. The molecule has 0 saturated carbocycles. The average molecular weight is 299 g/mol. The zero-order chi connectivity index (χ0) is 14.2. The van der Waals surface area contributed by atoms with Crippen LogP contribution in [0.2, 0.25) is 0 Å². The summed E-state index contributed by atoms with van der Waals surface area (Å²) in [5.41, 5.74) is 2.34. The second-order valence-corrected chi connectivity index (χ2v) is 6.48. The number of aromatic nitrogens is 1. The normalized spacial score (nSPS) is 25.5. The Kier molecular flexibility index (Phi) is 3.24. The van der Waals surface area contributed by atoms with Gasteiger partial charge in [0.15, 0.2) is 0 Å². The van der Waals surface area contributed by atoms with Crippen molar-refractivity contribution in [2.75, 3.05) is 11.4 Å². The molecule has 2 aromatic rings. The lowest BCUT2D eigenvalue weighted by atomic mass is 10.1. The SMILES string of the molecule is O=C1CC2C(CCN2Cc2ccncc2)N1c1ccsc1. The minimum absolute atomic E-state index is 0.267. The van der Waals surface area contributed by atoms with E-state index in [0.717, 1.165) is 25.2 Å². The monoisotopic (exact) mass is 299 g/mol. The lowest BCUT2D eigenvalue weighted by Crippen LogP contribution is -2.36. The summed E-state index contributed by atoms with van der Waals surface area (Å²) in [4.78, 5) is 20.9. The zero-order valence-electron chi connectivity index (χ0n) is 11.7. The molecule has 2 unspecified atom stereocenters. The first-order valence-corrected chi connectivity index (χ1v) is 8.24. The van der Waals surface area contributed by atoms with Crippen LogP contribution in [0.15, 0.2) is 41.4 Å².